The Labute approximate surface area is 202 Å². The van der Waals surface area contributed by atoms with Crippen LogP contribution >= 0.6 is 0 Å². The monoisotopic (exact) mass is 466 g/mol. The second-order valence-electron chi connectivity index (χ2n) is 8.63. The number of carbonyl (C=O) groups excluding carboxylic acids is 3. The summed E-state index contributed by atoms with van der Waals surface area (Å²) < 4.78 is 14.0. The molecule has 3 amide bonds. The van der Waals surface area contributed by atoms with Crippen molar-refractivity contribution in [3.63, 3.8) is 0 Å². The summed E-state index contributed by atoms with van der Waals surface area (Å²) >= 11 is 0. The van der Waals surface area contributed by atoms with Crippen LogP contribution in [0.15, 0.2) is 84.9 Å². The third kappa shape index (κ3) is 4.19. The largest absolute Gasteiger partial charge is 0.308 e. The Balaban J connectivity index is 1.39. The smallest absolute Gasteiger partial charge is 0.261 e. The highest BCUT2D eigenvalue weighted by Gasteiger charge is 2.32. The Hall–Kier alpha value is -4.32. The molecule has 1 aliphatic heterocycles. The summed E-state index contributed by atoms with van der Waals surface area (Å²) in [5, 5.41) is 1.53. The first-order valence-corrected chi connectivity index (χ1v) is 11.5. The van der Waals surface area contributed by atoms with Crippen LogP contribution in [0.1, 0.15) is 43.1 Å². The maximum atomic E-state index is 14.0. The van der Waals surface area contributed by atoms with Crippen molar-refractivity contribution in [1.82, 2.24) is 4.90 Å². The minimum absolute atomic E-state index is 0.134. The first kappa shape index (κ1) is 22.5. The lowest BCUT2D eigenvalue weighted by atomic mass is 9.94. The molecular formula is C29H23FN2O3. The standard InChI is InChI=1S/C29H23FN2O3/c1-19-12-14-21(15-13-19)27(33)31(23-9-4-8-22(30)18-23)16-5-17-32-28(34)24-10-2-6-20-7-3-11-25(26(20)24)29(32)35/h2-4,6-15,18H,5,16-17H2,1H3. The molecule has 1 aliphatic rings. The lowest BCUT2D eigenvalue weighted by Gasteiger charge is -2.29. The fraction of sp³-hybridized carbons (Fsp3) is 0.138. The van der Waals surface area contributed by atoms with Gasteiger partial charge in [0.05, 0.1) is 0 Å². The Morgan fingerprint density at radius 2 is 1.49 bits per heavy atom. The molecule has 0 N–H and O–H groups in total. The first-order valence-electron chi connectivity index (χ1n) is 11.5. The van der Waals surface area contributed by atoms with Crippen molar-refractivity contribution in [2.75, 3.05) is 18.0 Å². The summed E-state index contributed by atoms with van der Waals surface area (Å²) in [6, 6.07) is 23.8. The summed E-state index contributed by atoms with van der Waals surface area (Å²) in [5.74, 6) is -1.42. The number of hydrogen-bond donors (Lipinski definition) is 0. The first-order chi connectivity index (χ1) is 16.9. The van der Waals surface area contributed by atoms with E-state index in [1.54, 1.807) is 48.5 Å². The van der Waals surface area contributed by atoms with Crippen molar-refractivity contribution < 1.29 is 18.8 Å². The summed E-state index contributed by atoms with van der Waals surface area (Å²) in [7, 11) is 0. The van der Waals surface area contributed by atoms with E-state index in [9.17, 15) is 18.8 Å². The predicted octanol–water partition coefficient (Wildman–Crippen LogP) is 5.62. The third-order valence-electron chi connectivity index (χ3n) is 6.28. The maximum Gasteiger partial charge on any atom is 0.261 e. The van der Waals surface area contributed by atoms with Gasteiger partial charge in [0, 0.05) is 40.9 Å². The van der Waals surface area contributed by atoms with Crippen molar-refractivity contribution in [3.8, 4) is 0 Å². The van der Waals surface area contributed by atoms with E-state index >= 15 is 0 Å². The second-order valence-corrected chi connectivity index (χ2v) is 8.63. The lowest BCUT2D eigenvalue weighted by molar-refractivity contribution is 0.0610. The number of rotatable bonds is 6. The molecular weight excluding hydrogens is 443 g/mol. The van der Waals surface area contributed by atoms with Gasteiger partial charge in [0.1, 0.15) is 5.82 Å². The van der Waals surface area contributed by atoms with Crippen molar-refractivity contribution in [3.05, 3.63) is 113 Å². The topological polar surface area (TPSA) is 57.7 Å². The van der Waals surface area contributed by atoms with Crippen LogP contribution < -0.4 is 4.90 Å². The molecule has 174 valence electrons. The van der Waals surface area contributed by atoms with E-state index in [0.717, 1.165) is 10.9 Å². The number of aryl methyl sites for hydroxylation is 1. The zero-order valence-corrected chi connectivity index (χ0v) is 19.2. The van der Waals surface area contributed by atoms with E-state index in [-0.39, 0.29) is 30.8 Å². The molecule has 4 aromatic rings. The molecule has 1 heterocycles. The van der Waals surface area contributed by atoms with Crippen LogP contribution in [0.5, 0.6) is 0 Å². The number of amides is 3. The van der Waals surface area contributed by atoms with Crippen LogP contribution in [-0.2, 0) is 0 Å². The highest BCUT2D eigenvalue weighted by molar-refractivity contribution is 6.25. The SMILES string of the molecule is Cc1ccc(C(=O)N(CCCN2C(=O)c3cccc4cccc(c34)C2=O)c2cccc(F)c2)cc1. The molecule has 0 fully saturated rings. The van der Waals surface area contributed by atoms with Gasteiger partial charge in [-0.1, -0.05) is 48.0 Å². The van der Waals surface area contributed by atoms with E-state index < -0.39 is 5.82 Å². The Morgan fingerprint density at radius 3 is 2.11 bits per heavy atom. The molecule has 0 saturated heterocycles. The van der Waals surface area contributed by atoms with Gasteiger partial charge >= 0.3 is 0 Å². The lowest BCUT2D eigenvalue weighted by Crippen LogP contribution is -2.42. The van der Waals surface area contributed by atoms with E-state index in [0.29, 0.717) is 34.2 Å². The van der Waals surface area contributed by atoms with Gasteiger partial charge in [-0.15, -0.1) is 0 Å². The van der Waals surface area contributed by atoms with E-state index in [2.05, 4.69) is 0 Å². The van der Waals surface area contributed by atoms with Gasteiger partial charge in [0.25, 0.3) is 17.7 Å². The number of anilines is 1. The van der Waals surface area contributed by atoms with Gasteiger partial charge in [-0.3, -0.25) is 19.3 Å². The van der Waals surface area contributed by atoms with Crippen LogP contribution in [0.3, 0.4) is 0 Å². The number of carbonyl (C=O) groups is 3. The summed E-state index contributed by atoms with van der Waals surface area (Å²) in [6.45, 7) is 2.28. The molecule has 0 atom stereocenters. The van der Waals surface area contributed by atoms with Crippen LogP contribution in [-0.4, -0.2) is 35.7 Å². The Morgan fingerprint density at radius 1 is 0.857 bits per heavy atom. The summed E-state index contributed by atoms with van der Waals surface area (Å²) in [6.07, 6.45) is 0.337. The maximum absolute atomic E-state index is 14.0. The van der Waals surface area contributed by atoms with Crippen molar-refractivity contribution in [1.29, 1.82) is 0 Å². The molecule has 0 aliphatic carbocycles. The minimum Gasteiger partial charge on any atom is -0.308 e. The van der Waals surface area contributed by atoms with Crippen molar-refractivity contribution in [2.45, 2.75) is 13.3 Å². The van der Waals surface area contributed by atoms with Crippen LogP contribution in [0.25, 0.3) is 10.8 Å². The highest BCUT2D eigenvalue weighted by Crippen LogP contribution is 2.30. The van der Waals surface area contributed by atoms with Gasteiger partial charge < -0.3 is 4.90 Å². The van der Waals surface area contributed by atoms with Crippen LogP contribution in [0.4, 0.5) is 10.1 Å². The molecule has 6 heteroatoms. The number of benzene rings is 4. The molecule has 5 nitrogen and oxygen atoms in total. The number of hydrogen-bond acceptors (Lipinski definition) is 3. The van der Waals surface area contributed by atoms with E-state index in [1.807, 2.05) is 31.2 Å². The molecule has 0 aromatic heterocycles. The number of nitrogens with zero attached hydrogens (tertiary/aromatic N) is 2. The van der Waals surface area contributed by atoms with Gasteiger partial charge in [-0.25, -0.2) is 4.39 Å². The number of halogens is 1. The third-order valence-corrected chi connectivity index (χ3v) is 6.28. The average Bonchev–Trinajstić information content (AvgIpc) is 2.87. The minimum atomic E-state index is -0.449. The molecule has 0 radical (unpaired) electrons. The molecule has 35 heavy (non-hydrogen) atoms. The van der Waals surface area contributed by atoms with Gasteiger partial charge in [-0.05, 0) is 61.2 Å². The zero-order chi connectivity index (χ0) is 24.5. The fourth-order valence-corrected chi connectivity index (χ4v) is 4.51. The van der Waals surface area contributed by atoms with Gasteiger partial charge in [0.15, 0.2) is 0 Å². The van der Waals surface area contributed by atoms with E-state index in [1.165, 1.54) is 21.9 Å². The highest BCUT2D eigenvalue weighted by atomic mass is 19.1. The molecule has 5 rings (SSSR count). The van der Waals surface area contributed by atoms with Crippen molar-refractivity contribution in [2.24, 2.45) is 0 Å². The molecule has 0 unspecified atom stereocenters. The van der Waals surface area contributed by atoms with Gasteiger partial charge in [0.2, 0.25) is 0 Å². The predicted molar refractivity (Wildman–Crippen MR) is 133 cm³/mol. The quantitative estimate of drug-likeness (QED) is 0.347. The van der Waals surface area contributed by atoms with E-state index in [4.69, 9.17) is 0 Å². The summed E-state index contributed by atoms with van der Waals surface area (Å²) in [5.41, 5.74) is 2.91. The van der Waals surface area contributed by atoms with Crippen molar-refractivity contribution >= 4 is 34.2 Å². The van der Waals surface area contributed by atoms with Gasteiger partial charge in [-0.2, -0.15) is 0 Å². The fourth-order valence-electron chi connectivity index (χ4n) is 4.51. The molecule has 0 saturated carbocycles. The second kappa shape index (κ2) is 9.14. The van der Waals surface area contributed by atoms with Crippen LogP contribution in [0.2, 0.25) is 0 Å². The van der Waals surface area contributed by atoms with Crippen LogP contribution in [0, 0.1) is 12.7 Å². The average molecular weight is 467 g/mol. The molecule has 0 spiro atoms. The number of imide groups is 1. The zero-order valence-electron chi connectivity index (χ0n) is 19.2. The normalized spacial score (nSPS) is 12.8. The summed E-state index contributed by atoms with van der Waals surface area (Å²) in [4.78, 5) is 42.4. The molecule has 0 bridgehead atoms. The molecule has 4 aromatic carbocycles. The Bertz CT molecular complexity index is 1410. The Kier molecular flexibility index (Phi) is 5.87.